The monoisotopic (exact) mass is 295 g/mol. The van der Waals surface area contributed by atoms with Gasteiger partial charge in [-0.15, -0.1) is 0 Å². The van der Waals surface area contributed by atoms with E-state index >= 15 is 0 Å². The highest BCUT2D eigenvalue weighted by Gasteiger charge is 2.48. The van der Waals surface area contributed by atoms with E-state index in [0.29, 0.717) is 13.2 Å². The molecule has 1 atom stereocenters. The third-order valence-corrected chi connectivity index (χ3v) is 4.96. The molecule has 21 heavy (non-hydrogen) atoms. The number of amides is 2. The number of hydrogen-bond acceptors (Lipinski definition) is 4. The molecule has 1 aliphatic carbocycles. The molecule has 3 aliphatic rings. The second kappa shape index (κ2) is 5.93. The van der Waals surface area contributed by atoms with Crippen LogP contribution in [0.3, 0.4) is 0 Å². The summed E-state index contributed by atoms with van der Waals surface area (Å²) in [4.78, 5) is 28.8. The summed E-state index contributed by atoms with van der Waals surface area (Å²) >= 11 is 0. The predicted molar refractivity (Wildman–Crippen MR) is 77.8 cm³/mol. The molecule has 0 aromatic rings. The summed E-state index contributed by atoms with van der Waals surface area (Å²) < 4.78 is 5.78. The number of rotatable bonds is 3. The summed E-state index contributed by atoms with van der Waals surface area (Å²) in [6.07, 6.45) is 3.61. The van der Waals surface area contributed by atoms with Crippen LogP contribution < -0.4 is 5.32 Å². The zero-order valence-corrected chi connectivity index (χ0v) is 12.8. The van der Waals surface area contributed by atoms with Crippen LogP contribution in [0.4, 0.5) is 0 Å². The van der Waals surface area contributed by atoms with E-state index in [0.717, 1.165) is 45.3 Å². The first kappa shape index (κ1) is 14.8. The molecular formula is C15H25N3O3. The molecule has 0 aromatic heterocycles. The van der Waals surface area contributed by atoms with E-state index < -0.39 is 5.54 Å². The molecule has 6 nitrogen and oxygen atoms in total. The maximum absolute atomic E-state index is 12.8. The maximum Gasteiger partial charge on any atom is 0.248 e. The van der Waals surface area contributed by atoms with Crippen LogP contribution in [0, 0.1) is 0 Å². The van der Waals surface area contributed by atoms with Crippen LogP contribution in [0.5, 0.6) is 0 Å². The Morgan fingerprint density at radius 1 is 1.33 bits per heavy atom. The fourth-order valence-corrected chi connectivity index (χ4v) is 3.80. The molecule has 2 saturated heterocycles. The number of nitrogens with zero attached hydrogens (tertiary/aromatic N) is 2. The number of morpholine rings is 1. The van der Waals surface area contributed by atoms with Gasteiger partial charge in [0.15, 0.2) is 0 Å². The van der Waals surface area contributed by atoms with Gasteiger partial charge >= 0.3 is 0 Å². The van der Waals surface area contributed by atoms with E-state index in [4.69, 9.17) is 4.74 Å². The van der Waals surface area contributed by atoms with Gasteiger partial charge in [0.05, 0.1) is 19.3 Å². The summed E-state index contributed by atoms with van der Waals surface area (Å²) in [5, 5.41) is 2.95. The summed E-state index contributed by atoms with van der Waals surface area (Å²) in [5.41, 5.74) is -0.617. The molecule has 0 aromatic carbocycles. The van der Waals surface area contributed by atoms with Gasteiger partial charge in [-0.2, -0.15) is 0 Å². The number of piperazine rings is 1. The van der Waals surface area contributed by atoms with Gasteiger partial charge in [-0.1, -0.05) is 19.8 Å². The highest BCUT2D eigenvalue weighted by Crippen LogP contribution is 2.33. The third kappa shape index (κ3) is 2.92. The van der Waals surface area contributed by atoms with Gasteiger partial charge in [-0.05, 0) is 19.4 Å². The van der Waals surface area contributed by atoms with Crippen molar-refractivity contribution < 1.29 is 14.3 Å². The van der Waals surface area contributed by atoms with E-state index in [2.05, 4.69) is 17.1 Å². The first-order chi connectivity index (χ1) is 10.1. The maximum atomic E-state index is 12.8. The normalized spacial score (nSPS) is 30.0. The molecule has 1 saturated carbocycles. The van der Waals surface area contributed by atoms with Gasteiger partial charge in [0.1, 0.15) is 5.54 Å². The molecule has 2 heterocycles. The lowest BCUT2D eigenvalue weighted by Gasteiger charge is -2.42. The first-order valence-corrected chi connectivity index (χ1v) is 8.07. The molecule has 1 N–H and O–H groups in total. The van der Waals surface area contributed by atoms with Crippen LogP contribution in [0.25, 0.3) is 0 Å². The lowest BCUT2D eigenvalue weighted by atomic mass is 9.93. The van der Waals surface area contributed by atoms with Gasteiger partial charge in [-0.25, -0.2) is 0 Å². The molecule has 0 radical (unpaired) electrons. The largest absolute Gasteiger partial charge is 0.374 e. The van der Waals surface area contributed by atoms with Crippen molar-refractivity contribution in [3.05, 3.63) is 0 Å². The standard InChI is InChI=1S/C15H25N3O3/c1-2-17-7-8-21-12(9-17)10-18-11-13(19)16-15(14(18)20)5-3-4-6-15/h12H,2-11H2,1H3,(H,16,19). The van der Waals surface area contributed by atoms with E-state index in [-0.39, 0.29) is 24.5 Å². The minimum atomic E-state index is -0.617. The van der Waals surface area contributed by atoms with Crippen molar-refractivity contribution in [1.82, 2.24) is 15.1 Å². The van der Waals surface area contributed by atoms with Crippen molar-refractivity contribution in [1.29, 1.82) is 0 Å². The van der Waals surface area contributed by atoms with Gasteiger partial charge in [0, 0.05) is 19.6 Å². The summed E-state index contributed by atoms with van der Waals surface area (Å²) in [5.74, 6) is 0.0662. The molecule has 0 bridgehead atoms. The Bertz CT molecular complexity index is 420. The number of nitrogens with one attached hydrogen (secondary N) is 1. The number of carbonyl (C=O) groups excluding carboxylic acids is 2. The Morgan fingerprint density at radius 2 is 2.10 bits per heavy atom. The number of likely N-dealkylation sites (N-methyl/N-ethyl adjacent to an activating group) is 1. The Morgan fingerprint density at radius 3 is 2.81 bits per heavy atom. The molecule has 1 spiro atoms. The SMILES string of the molecule is CCN1CCOC(CN2CC(=O)NC3(CCCC3)C2=O)C1. The first-order valence-electron chi connectivity index (χ1n) is 8.07. The molecule has 3 rings (SSSR count). The molecular weight excluding hydrogens is 270 g/mol. The third-order valence-electron chi connectivity index (χ3n) is 4.96. The van der Waals surface area contributed by atoms with Crippen LogP contribution in [-0.4, -0.2) is 72.6 Å². The Hall–Kier alpha value is -1.14. The topological polar surface area (TPSA) is 61.9 Å². The van der Waals surface area contributed by atoms with Crippen molar-refractivity contribution in [2.45, 2.75) is 44.2 Å². The van der Waals surface area contributed by atoms with Crippen molar-refractivity contribution >= 4 is 11.8 Å². The van der Waals surface area contributed by atoms with E-state index in [1.807, 2.05) is 0 Å². The van der Waals surface area contributed by atoms with Gasteiger partial charge < -0.3 is 15.0 Å². The average Bonchev–Trinajstić information content (AvgIpc) is 2.94. The van der Waals surface area contributed by atoms with Crippen LogP contribution in [-0.2, 0) is 14.3 Å². The van der Waals surface area contributed by atoms with E-state index in [1.165, 1.54) is 0 Å². The number of hydrogen-bond donors (Lipinski definition) is 1. The summed E-state index contributed by atoms with van der Waals surface area (Å²) in [6.45, 7) is 6.34. The predicted octanol–water partition coefficient (Wildman–Crippen LogP) is -0.0217. The number of carbonyl (C=O) groups is 2. The average molecular weight is 295 g/mol. The van der Waals surface area contributed by atoms with Gasteiger partial charge in [0.25, 0.3) is 0 Å². The minimum Gasteiger partial charge on any atom is -0.374 e. The number of ether oxygens (including phenoxy) is 1. The Kier molecular flexibility index (Phi) is 4.17. The highest BCUT2D eigenvalue weighted by atomic mass is 16.5. The Balaban J connectivity index is 1.66. The van der Waals surface area contributed by atoms with Gasteiger partial charge in [0.2, 0.25) is 11.8 Å². The van der Waals surface area contributed by atoms with Gasteiger partial charge in [-0.3, -0.25) is 14.5 Å². The smallest absolute Gasteiger partial charge is 0.248 e. The van der Waals surface area contributed by atoms with Crippen molar-refractivity contribution in [3.63, 3.8) is 0 Å². The van der Waals surface area contributed by atoms with E-state index in [9.17, 15) is 9.59 Å². The minimum absolute atomic E-state index is 0.0204. The second-order valence-corrected chi connectivity index (χ2v) is 6.41. The lowest BCUT2D eigenvalue weighted by Crippen LogP contribution is -2.66. The van der Waals surface area contributed by atoms with E-state index in [1.54, 1.807) is 4.90 Å². The molecule has 3 fully saturated rings. The second-order valence-electron chi connectivity index (χ2n) is 6.41. The molecule has 2 aliphatic heterocycles. The van der Waals surface area contributed by atoms with Crippen LogP contribution in [0.15, 0.2) is 0 Å². The fourth-order valence-electron chi connectivity index (χ4n) is 3.80. The zero-order chi connectivity index (χ0) is 14.9. The fraction of sp³-hybridized carbons (Fsp3) is 0.867. The van der Waals surface area contributed by atoms with Crippen molar-refractivity contribution in [3.8, 4) is 0 Å². The summed E-state index contributed by atoms with van der Waals surface area (Å²) in [6, 6.07) is 0. The molecule has 2 amide bonds. The quantitative estimate of drug-likeness (QED) is 0.795. The molecule has 118 valence electrons. The molecule has 6 heteroatoms. The van der Waals surface area contributed by atoms with Crippen LogP contribution in [0.1, 0.15) is 32.6 Å². The van der Waals surface area contributed by atoms with Crippen molar-refractivity contribution in [2.24, 2.45) is 0 Å². The lowest BCUT2D eigenvalue weighted by molar-refractivity contribution is -0.152. The summed E-state index contributed by atoms with van der Waals surface area (Å²) in [7, 11) is 0. The highest BCUT2D eigenvalue weighted by molar-refractivity contribution is 5.98. The zero-order valence-electron chi connectivity index (χ0n) is 12.8. The molecule has 1 unspecified atom stereocenters. The van der Waals surface area contributed by atoms with Crippen LogP contribution >= 0.6 is 0 Å². The van der Waals surface area contributed by atoms with Crippen LogP contribution in [0.2, 0.25) is 0 Å². The van der Waals surface area contributed by atoms with Crippen molar-refractivity contribution in [2.75, 3.05) is 39.3 Å². The Labute approximate surface area is 125 Å².